The SMILES string of the molecule is CN(C)C(=O)c1cc2cnc(Nc3ccc(C(O)N4CC5CCC4CN(CC(F)(F)F)C5)cn3)nc2n1C1CCCC1. The predicted molar refractivity (Wildman–Crippen MR) is 151 cm³/mol. The molecule has 4 aliphatic rings. The molecule has 42 heavy (non-hydrogen) atoms. The highest BCUT2D eigenvalue weighted by Crippen LogP contribution is 2.36. The van der Waals surface area contributed by atoms with Crippen molar-refractivity contribution in [2.24, 2.45) is 5.92 Å². The van der Waals surface area contributed by atoms with Crippen molar-refractivity contribution < 1.29 is 23.1 Å². The van der Waals surface area contributed by atoms with E-state index in [9.17, 15) is 23.1 Å². The van der Waals surface area contributed by atoms with Crippen LogP contribution in [0.5, 0.6) is 0 Å². The van der Waals surface area contributed by atoms with Gasteiger partial charge in [-0.1, -0.05) is 12.8 Å². The first-order chi connectivity index (χ1) is 20.1. The molecule has 3 aliphatic heterocycles. The minimum atomic E-state index is -4.24. The molecule has 10 nitrogen and oxygen atoms in total. The van der Waals surface area contributed by atoms with Crippen molar-refractivity contribution >= 4 is 28.7 Å². The van der Waals surface area contributed by atoms with Crippen LogP contribution < -0.4 is 5.32 Å². The van der Waals surface area contributed by atoms with Crippen molar-refractivity contribution in [3.05, 3.63) is 41.9 Å². The van der Waals surface area contributed by atoms with Crippen molar-refractivity contribution in [3.63, 3.8) is 0 Å². The van der Waals surface area contributed by atoms with Crippen molar-refractivity contribution in [2.75, 3.05) is 45.6 Å². The van der Waals surface area contributed by atoms with E-state index in [0.717, 1.165) is 43.9 Å². The number of alkyl halides is 3. The Hall–Kier alpha value is -3.29. The minimum Gasteiger partial charge on any atom is -0.374 e. The van der Waals surface area contributed by atoms with E-state index in [1.807, 2.05) is 11.0 Å². The molecule has 3 unspecified atom stereocenters. The number of fused-ring (bicyclic) bond motifs is 5. The first-order valence-corrected chi connectivity index (χ1v) is 14.6. The normalized spacial score (nSPS) is 22.9. The number of carbonyl (C=O) groups is 1. The van der Waals surface area contributed by atoms with E-state index in [2.05, 4.69) is 19.9 Å². The Balaban J connectivity index is 1.18. The second-order valence-corrected chi connectivity index (χ2v) is 12.1. The molecule has 226 valence electrons. The summed E-state index contributed by atoms with van der Waals surface area (Å²) < 4.78 is 41.2. The van der Waals surface area contributed by atoms with Crippen molar-refractivity contribution in [1.29, 1.82) is 0 Å². The summed E-state index contributed by atoms with van der Waals surface area (Å²) in [5.41, 5.74) is 1.88. The predicted octanol–water partition coefficient (Wildman–Crippen LogP) is 4.34. The summed E-state index contributed by atoms with van der Waals surface area (Å²) in [6.07, 6.45) is 3.93. The maximum absolute atomic E-state index is 13.0. The van der Waals surface area contributed by atoms with Gasteiger partial charge in [0.2, 0.25) is 5.95 Å². The Labute approximate surface area is 242 Å². The number of aliphatic hydroxyl groups excluding tert-OH is 1. The maximum Gasteiger partial charge on any atom is 0.401 e. The van der Waals surface area contributed by atoms with Gasteiger partial charge in [-0.05, 0) is 49.8 Å². The number of pyridine rings is 1. The van der Waals surface area contributed by atoms with Crippen LogP contribution in [0, 0.1) is 5.92 Å². The number of halogens is 3. The monoisotopic (exact) mass is 586 g/mol. The maximum atomic E-state index is 13.0. The summed E-state index contributed by atoms with van der Waals surface area (Å²) in [7, 11) is 3.48. The summed E-state index contributed by atoms with van der Waals surface area (Å²) in [6.45, 7) is 0.301. The summed E-state index contributed by atoms with van der Waals surface area (Å²) in [4.78, 5) is 31.6. The lowest BCUT2D eigenvalue weighted by Crippen LogP contribution is -2.46. The molecule has 3 aromatic rings. The van der Waals surface area contributed by atoms with Crippen LogP contribution in [0.2, 0.25) is 0 Å². The number of piperidine rings is 1. The molecular formula is C29H37F3N8O2. The second-order valence-electron chi connectivity index (χ2n) is 12.1. The lowest BCUT2D eigenvalue weighted by atomic mass is 9.94. The van der Waals surface area contributed by atoms with Gasteiger partial charge in [0, 0.05) is 69.2 Å². The number of anilines is 2. The zero-order chi connectivity index (χ0) is 29.6. The summed E-state index contributed by atoms with van der Waals surface area (Å²) in [5, 5.41) is 15.1. The molecule has 3 saturated heterocycles. The van der Waals surface area contributed by atoms with Gasteiger partial charge in [-0.15, -0.1) is 0 Å². The van der Waals surface area contributed by atoms with Gasteiger partial charge in [-0.2, -0.15) is 18.2 Å². The molecule has 0 aromatic carbocycles. The minimum absolute atomic E-state index is 0.0732. The van der Waals surface area contributed by atoms with Gasteiger partial charge in [0.1, 0.15) is 23.4 Å². The molecule has 3 atom stereocenters. The first kappa shape index (κ1) is 28.8. The molecule has 0 radical (unpaired) electrons. The highest BCUT2D eigenvalue weighted by molar-refractivity contribution is 5.97. The molecule has 2 bridgehead atoms. The smallest absolute Gasteiger partial charge is 0.374 e. The van der Waals surface area contributed by atoms with Gasteiger partial charge in [0.05, 0.1) is 6.54 Å². The molecule has 2 N–H and O–H groups in total. The van der Waals surface area contributed by atoms with Crippen LogP contribution in [0.3, 0.4) is 0 Å². The topological polar surface area (TPSA) is 103 Å². The fourth-order valence-electron chi connectivity index (χ4n) is 6.83. The van der Waals surface area contributed by atoms with E-state index >= 15 is 0 Å². The summed E-state index contributed by atoms with van der Waals surface area (Å²) >= 11 is 0. The van der Waals surface area contributed by atoms with Gasteiger partial charge in [-0.3, -0.25) is 14.6 Å². The van der Waals surface area contributed by atoms with Crippen LogP contribution in [0.1, 0.15) is 66.8 Å². The van der Waals surface area contributed by atoms with E-state index in [0.29, 0.717) is 41.8 Å². The molecule has 7 rings (SSSR count). The lowest BCUT2D eigenvalue weighted by Gasteiger charge is -2.39. The van der Waals surface area contributed by atoms with Gasteiger partial charge in [0.15, 0.2) is 0 Å². The lowest BCUT2D eigenvalue weighted by molar-refractivity contribution is -0.146. The fourth-order valence-corrected chi connectivity index (χ4v) is 6.83. The number of rotatable bonds is 7. The third-order valence-electron chi connectivity index (χ3n) is 8.76. The zero-order valence-electron chi connectivity index (χ0n) is 23.9. The average Bonchev–Trinajstić information content (AvgIpc) is 3.51. The van der Waals surface area contributed by atoms with Crippen LogP contribution in [0.15, 0.2) is 30.6 Å². The number of aliphatic hydroxyl groups is 1. The van der Waals surface area contributed by atoms with Crippen molar-refractivity contribution in [1.82, 2.24) is 34.2 Å². The van der Waals surface area contributed by atoms with Gasteiger partial charge < -0.3 is 19.9 Å². The number of aromatic nitrogens is 4. The number of amides is 1. The molecule has 6 heterocycles. The van der Waals surface area contributed by atoms with Crippen molar-refractivity contribution in [2.45, 2.75) is 63.0 Å². The molecular weight excluding hydrogens is 549 g/mol. The summed E-state index contributed by atoms with van der Waals surface area (Å²) in [6, 6.07) is 5.40. The highest BCUT2D eigenvalue weighted by Gasteiger charge is 2.41. The van der Waals surface area contributed by atoms with Crippen LogP contribution in [-0.4, -0.2) is 97.7 Å². The van der Waals surface area contributed by atoms with Gasteiger partial charge >= 0.3 is 6.18 Å². The molecule has 1 saturated carbocycles. The highest BCUT2D eigenvalue weighted by atomic mass is 19.4. The van der Waals surface area contributed by atoms with E-state index in [1.54, 1.807) is 43.5 Å². The Morgan fingerprint density at radius 3 is 2.55 bits per heavy atom. The van der Waals surface area contributed by atoms with E-state index in [1.165, 1.54) is 4.90 Å². The van der Waals surface area contributed by atoms with E-state index < -0.39 is 18.9 Å². The largest absolute Gasteiger partial charge is 0.401 e. The number of carbonyl (C=O) groups excluding carboxylic acids is 1. The molecule has 0 spiro atoms. The first-order valence-electron chi connectivity index (χ1n) is 14.6. The van der Waals surface area contributed by atoms with Crippen LogP contribution in [-0.2, 0) is 0 Å². The Morgan fingerprint density at radius 1 is 1.07 bits per heavy atom. The molecule has 1 amide bonds. The average molecular weight is 587 g/mol. The second kappa shape index (κ2) is 11.4. The molecule has 13 heteroatoms. The molecule has 1 aliphatic carbocycles. The number of hydrogen-bond donors (Lipinski definition) is 2. The number of nitrogens with one attached hydrogen (secondary N) is 1. The van der Waals surface area contributed by atoms with Crippen LogP contribution in [0.25, 0.3) is 11.0 Å². The number of hydrogen-bond acceptors (Lipinski definition) is 8. The van der Waals surface area contributed by atoms with Crippen LogP contribution in [0.4, 0.5) is 24.9 Å². The quantitative estimate of drug-likeness (QED) is 0.422. The third kappa shape index (κ3) is 5.95. The standard InChI is InChI=1S/C29H37F3N8O2/c1-37(2)27(42)23-11-20-13-34-28(36-25(20)40(23)21-5-3-4-6-21)35-24-10-8-19(12-33-24)26(41)39-15-18-7-9-22(39)16-38(14-18)17-29(30,31)32/h8,10-13,18,21-22,26,41H,3-7,9,14-17H2,1-2H3,(H,33,34,35,36). The Kier molecular flexibility index (Phi) is 7.83. The molecule has 4 fully saturated rings. The number of nitrogens with zero attached hydrogens (tertiary/aromatic N) is 7. The van der Waals surface area contributed by atoms with E-state index in [4.69, 9.17) is 4.98 Å². The molecule has 3 aromatic heterocycles. The van der Waals surface area contributed by atoms with E-state index in [-0.39, 0.29) is 30.5 Å². The van der Waals surface area contributed by atoms with Crippen LogP contribution >= 0.6 is 0 Å². The third-order valence-corrected chi connectivity index (χ3v) is 8.76. The van der Waals surface area contributed by atoms with Gasteiger partial charge in [0.25, 0.3) is 5.91 Å². The Bertz CT molecular complexity index is 1420. The summed E-state index contributed by atoms with van der Waals surface area (Å²) in [5.74, 6) is 0.844. The fraction of sp³-hybridized carbons (Fsp3) is 0.586. The van der Waals surface area contributed by atoms with Crippen molar-refractivity contribution in [3.8, 4) is 0 Å². The Morgan fingerprint density at radius 2 is 1.86 bits per heavy atom. The van der Waals surface area contributed by atoms with Gasteiger partial charge in [-0.25, -0.2) is 9.97 Å². The zero-order valence-corrected chi connectivity index (χ0v) is 23.9.